The Morgan fingerprint density at radius 1 is 1.05 bits per heavy atom. The molecule has 1 fully saturated rings. The largest absolute Gasteiger partial charge is 0.492 e. The fourth-order valence-corrected chi connectivity index (χ4v) is 6.53. The maximum atomic E-state index is 13.7. The lowest BCUT2D eigenvalue weighted by atomic mass is 10.00. The molecule has 1 aliphatic rings. The molecular weight excluding hydrogens is 490 g/mol. The topological polar surface area (TPSA) is 58.8 Å². The number of likely N-dealkylation sites (tertiary alicyclic amines) is 1. The Morgan fingerprint density at radius 3 is 2.55 bits per heavy atom. The first-order valence-corrected chi connectivity index (χ1v) is 14.3. The van der Waals surface area contributed by atoms with E-state index in [-0.39, 0.29) is 11.9 Å². The first-order valence-electron chi connectivity index (χ1n) is 13.5. The van der Waals surface area contributed by atoms with Gasteiger partial charge in [0.15, 0.2) is 0 Å². The van der Waals surface area contributed by atoms with Crippen LogP contribution in [0, 0.1) is 0 Å². The predicted octanol–water partition coefficient (Wildman–Crippen LogP) is 6.11. The van der Waals surface area contributed by atoms with Crippen LogP contribution in [-0.2, 0) is 19.5 Å². The summed E-state index contributed by atoms with van der Waals surface area (Å²) in [7, 11) is 1.91. The molecule has 4 aromatic rings. The monoisotopic (exact) mass is 527 g/mol. The van der Waals surface area contributed by atoms with Crippen molar-refractivity contribution >= 4 is 27.3 Å². The van der Waals surface area contributed by atoms with Gasteiger partial charge >= 0.3 is 0 Å². The van der Waals surface area contributed by atoms with Crippen molar-refractivity contribution in [3.05, 3.63) is 100 Å². The van der Waals surface area contributed by atoms with Crippen LogP contribution in [0.2, 0.25) is 0 Å². The van der Waals surface area contributed by atoms with Crippen molar-refractivity contribution in [2.75, 3.05) is 20.2 Å². The van der Waals surface area contributed by atoms with Crippen LogP contribution in [0.1, 0.15) is 46.1 Å². The van der Waals surface area contributed by atoms with Gasteiger partial charge in [0.05, 0.1) is 4.88 Å². The van der Waals surface area contributed by atoms with Gasteiger partial charge < -0.3 is 15.4 Å². The van der Waals surface area contributed by atoms with Crippen LogP contribution in [-0.4, -0.2) is 48.0 Å². The highest BCUT2D eigenvalue weighted by molar-refractivity contribution is 7.21. The van der Waals surface area contributed by atoms with Crippen LogP contribution in [0.15, 0.2) is 78.9 Å². The SMILES string of the molecule is C[C@@H](N)COc1ccc(CN2CCCC2Cc2c(C(=O)N(C)Cc3ccccc3)sc3ccccc23)cc1. The van der Waals surface area contributed by atoms with Gasteiger partial charge in [-0.25, -0.2) is 0 Å². The lowest BCUT2D eigenvalue weighted by Crippen LogP contribution is -2.32. The van der Waals surface area contributed by atoms with Gasteiger partial charge in [0, 0.05) is 36.9 Å². The average molecular weight is 528 g/mol. The highest BCUT2D eigenvalue weighted by Gasteiger charge is 2.29. The molecule has 6 heteroatoms. The second kappa shape index (κ2) is 12.1. The fourth-order valence-electron chi connectivity index (χ4n) is 5.30. The number of hydrogen-bond donors (Lipinski definition) is 1. The molecule has 2 N–H and O–H groups in total. The third-order valence-electron chi connectivity index (χ3n) is 7.26. The van der Waals surface area contributed by atoms with E-state index in [9.17, 15) is 4.79 Å². The lowest BCUT2D eigenvalue weighted by Gasteiger charge is -2.25. The molecule has 1 aromatic heterocycles. The number of thiophene rings is 1. The minimum absolute atomic E-state index is 0.0168. The molecule has 198 valence electrons. The molecule has 1 saturated heterocycles. The van der Waals surface area contributed by atoms with Crippen LogP contribution in [0.4, 0.5) is 0 Å². The third kappa shape index (κ3) is 6.26. The molecule has 2 atom stereocenters. The van der Waals surface area contributed by atoms with Gasteiger partial charge in [0.1, 0.15) is 12.4 Å². The zero-order valence-electron chi connectivity index (χ0n) is 22.3. The van der Waals surface area contributed by atoms with E-state index in [4.69, 9.17) is 10.5 Å². The molecule has 0 aliphatic carbocycles. The number of nitrogens with two attached hydrogens (primary N) is 1. The molecule has 5 nitrogen and oxygen atoms in total. The molecule has 38 heavy (non-hydrogen) atoms. The van der Waals surface area contributed by atoms with E-state index >= 15 is 0 Å². The quantitative estimate of drug-likeness (QED) is 0.270. The second-order valence-electron chi connectivity index (χ2n) is 10.5. The Hall–Kier alpha value is -3.19. The number of hydrogen-bond acceptors (Lipinski definition) is 5. The van der Waals surface area contributed by atoms with Gasteiger partial charge in [-0.2, -0.15) is 0 Å². The Labute approximate surface area is 229 Å². The summed E-state index contributed by atoms with van der Waals surface area (Å²) in [6.07, 6.45) is 3.21. The molecule has 1 amide bonds. The van der Waals surface area contributed by atoms with Gasteiger partial charge in [-0.05, 0) is 73.0 Å². The number of rotatable bonds is 10. The Bertz CT molecular complexity index is 1350. The fraction of sp³-hybridized carbons (Fsp3) is 0.344. The van der Waals surface area contributed by atoms with Gasteiger partial charge in [0.25, 0.3) is 5.91 Å². The highest BCUT2D eigenvalue weighted by atomic mass is 32.1. The minimum Gasteiger partial charge on any atom is -0.492 e. The van der Waals surface area contributed by atoms with Crippen molar-refractivity contribution in [3.8, 4) is 5.75 Å². The Morgan fingerprint density at radius 2 is 1.79 bits per heavy atom. The van der Waals surface area contributed by atoms with Crippen molar-refractivity contribution in [2.45, 2.75) is 51.4 Å². The van der Waals surface area contributed by atoms with E-state index < -0.39 is 0 Å². The number of nitrogens with zero attached hydrogens (tertiary/aromatic N) is 2. The van der Waals surface area contributed by atoms with Crippen molar-refractivity contribution in [3.63, 3.8) is 0 Å². The van der Waals surface area contributed by atoms with Crippen molar-refractivity contribution in [1.29, 1.82) is 0 Å². The summed E-state index contributed by atoms with van der Waals surface area (Å²) in [5.74, 6) is 0.966. The summed E-state index contributed by atoms with van der Waals surface area (Å²) in [4.78, 5) is 19.0. The van der Waals surface area contributed by atoms with E-state index in [1.54, 1.807) is 11.3 Å². The van der Waals surface area contributed by atoms with Crippen LogP contribution in [0.25, 0.3) is 10.1 Å². The molecule has 0 bridgehead atoms. The van der Waals surface area contributed by atoms with E-state index in [1.807, 2.05) is 49.2 Å². The molecular formula is C32H37N3O2S. The van der Waals surface area contributed by atoms with Gasteiger partial charge in [-0.15, -0.1) is 11.3 Å². The number of carbonyl (C=O) groups is 1. The molecule has 2 heterocycles. The summed E-state index contributed by atoms with van der Waals surface area (Å²) in [5.41, 5.74) is 9.43. The normalized spacial score (nSPS) is 16.6. The van der Waals surface area contributed by atoms with Gasteiger partial charge in [-0.3, -0.25) is 9.69 Å². The number of ether oxygens (including phenoxy) is 1. The molecule has 3 aromatic carbocycles. The molecule has 0 saturated carbocycles. The predicted molar refractivity (Wildman–Crippen MR) is 157 cm³/mol. The maximum absolute atomic E-state index is 13.7. The van der Waals surface area contributed by atoms with Crippen molar-refractivity contribution in [1.82, 2.24) is 9.80 Å². The summed E-state index contributed by atoms with van der Waals surface area (Å²) in [6, 6.07) is 27.5. The number of carbonyl (C=O) groups excluding carboxylic acids is 1. The zero-order valence-corrected chi connectivity index (χ0v) is 23.1. The van der Waals surface area contributed by atoms with Crippen LogP contribution in [0.3, 0.4) is 0 Å². The summed E-state index contributed by atoms with van der Waals surface area (Å²) >= 11 is 1.64. The molecule has 0 spiro atoms. The number of benzene rings is 3. The van der Waals surface area contributed by atoms with E-state index in [0.717, 1.165) is 42.1 Å². The molecule has 5 rings (SSSR count). The van der Waals surface area contributed by atoms with Crippen molar-refractivity contribution in [2.24, 2.45) is 5.73 Å². The molecule has 1 aliphatic heterocycles. The van der Waals surface area contributed by atoms with Gasteiger partial charge in [0.2, 0.25) is 0 Å². The highest BCUT2D eigenvalue weighted by Crippen LogP contribution is 2.35. The Balaban J connectivity index is 1.33. The second-order valence-corrected chi connectivity index (χ2v) is 11.5. The van der Waals surface area contributed by atoms with Crippen LogP contribution in [0.5, 0.6) is 5.75 Å². The number of amides is 1. The Kier molecular flexibility index (Phi) is 8.42. The van der Waals surface area contributed by atoms with E-state index in [2.05, 4.69) is 53.4 Å². The molecule has 1 unspecified atom stereocenters. The van der Waals surface area contributed by atoms with Crippen LogP contribution < -0.4 is 10.5 Å². The standard InChI is InChI=1S/C32H37N3O2S/c1-23(33)22-37-27-16-14-25(15-17-27)21-35-18-8-11-26(35)19-29-28-12-6-7-13-30(28)38-31(29)32(36)34(2)20-24-9-4-3-5-10-24/h3-7,9-10,12-17,23,26H,8,11,18-22,33H2,1-2H3/t23-,26?/m1/s1. The first kappa shape index (κ1) is 26.4. The van der Waals surface area contributed by atoms with E-state index in [1.165, 1.54) is 27.6 Å². The zero-order chi connectivity index (χ0) is 26.5. The lowest BCUT2D eigenvalue weighted by molar-refractivity contribution is 0.0788. The summed E-state index contributed by atoms with van der Waals surface area (Å²) < 4.78 is 6.93. The van der Waals surface area contributed by atoms with Gasteiger partial charge in [-0.1, -0.05) is 60.7 Å². The van der Waals surface area contributed by atoms with E-state index in [0.29, 0.717) is 19.2 Å². The van der Waals surface area contributed by atoms with Crippen molar-refractivity contribution < 1.29 is 9.53 Å². The number of fused-ring (bicyclic) bond motifs is 1. The summed E-state index contributed by atoms with van der Waals surface area (Å²) in [5, 5.41) is 1.22. The van der Waals surface area contributed by atoms with Crippen LogP contribution >= 0.6 is 11.3 Å². The first-order chi connectivity index (χ1) is 18.5. The smallest absolute Gasteiger partial charge is 0.264 e. The molecule has 0 radical (unpaired) electrons. The maximum Gasteiger partial charge on any atom is 0.264 e. The average Bonchev–Trinajstić information content (AvgIpc) is 3.53. The third-order valence-corrected chi connectivity index (χ3v) is 8.46. The summed E-state index contributed by atoms with van der Waals surface area (Å²) in [6.45, 7) is 5.04. The minimum atomic E-state index is 0.0168.